The molecular weight excluding hydrogens is 231 g/mol. The van der Waals surface area contributed by atoms with E-state index >= 15 is 0 Å². The van der Waals surface area contributed by atoms with Gasteiger partial charge in [-0.15, -0.1) is 0 Å². The van der Waals surface area contributed by atoms with Crippen molar-refractivity contribution < 1.29 is 9.18 Å². The first-order chi connectivity index (χ1) is 8.69. The van der Waals surface area contributed by atoms with Gasteiger partial charge in [0.05, 0.1) is 0 Å². The molecule has 0 radical (unpaired) electrons. The summed E-state index contributed by atoms with van der Waals surface area (Å²) in [5.74, 6) is -0.390. The first-order valence-electron chi connectivity index (χ1n) is 5.54. The Morgan fingerprint density at radius 2 is 1.44 bits per heavy atom. The summed E-state index contributed by atoms with van der Waals surface area (Å²) in [6.07, 6.45) is 0. The highest BCUT2D eigenvalue weighted by Gasteiger charge is 2.02. The highest BCUT2D eigenvalue weighted by molar-refractivity contribution is 5.94. The molecule has 0 aromatic heterocycles. The van der Waals surface area contributed by atoms with Gasteiger partial charge in [0.2, 0.25) is 0 Å². The van der Waals surface area contributed by atoms with Crippen molar-refractivity contribution in [1.29, 1.82) is 0 Å². The Morgan fingerprint density at radius 1 is 0.944 bits per heavy atom. The third-order valence-corrected chi connectivity index (χ3v) is 2.51. The number of anilines is 2. The van der Waals surface area contributed by atoms with E-state index in [0.717, 1.165) is 11.4 Å². The Morgan fingerprint density at radius 3 is 1.94 bits per heavy atom. The van der Waals surface area contributed by atoms with Crippen LogP contribution in [-0.2, 0) is 0 Å². The topological polar surface area (TPSA) is 41.1 Å². The monoisotopic (exact) mass is 244 g/mol. The predicted octanol–water partition coefficient (Wildman–Crippen LogP) is 2.93. The molecule has 2 aromatic carbocycles. The summed E-state index contributed by atoms with van der Waals surface area (Å²) in [6, 6.07) is 13.1. The highest BCUT2D eigenvalue weighted by atomic mass is 19.1. The number of halogens is 1. The lowest BCUT2D eigenvalue weighted by Crippen LogP contribution is -2.17. The van der Waals surface area contributed by atoms with Crippen LogP contribution in [0, 0.1) is 5.82 Å². The van der Waals surface area contributed by atoms with Crippen LogP contribution in [0.3, 0.4) is 0 Å². The molecular formula is C14H13FN2O. The molecule has 2 N–H and O–H groups in total. The second-order valence-corrected chi connectivity index (χ2v) is 3.79. The van der Waals surface area contributed by atoms with Gasteiger partial charge in [0.25, 0.3) is 5.91 Å². The van der Waals surface area contributed by atoms with Gasteiger partial charge in [0.1, 0.15) is 5.82 Å². The standard InChI is InChI=1S/C14H13FN2O/c1-16-14(18)10-2-6-12(7-3-10)17-13-8-4-11(15)5-9-13/h2-9,17H,1H3,(H,16,18). The molecule has 3 nitrogen and oxygen atoms in total. The molecule has 0 heterocycles. The Kier molecular flexibility index (Phi) is 3.57. The maximum Gasteiger partial charge on any atom is 0.251 e. The quantitative estimate of drug-likeness (QED) is 0.871. The van der Waals surface area contributed by atoms with Crippen molar-refractivity contribution in [3.8, 4) is 0 Å². The third kappa shape index (κ3) is 2.85. The van der Waals surface area contributed by atoms with Crippen molar-refractivity contribution in [2.45, 2.75) is 0 Å². The van der Waals surface area contributed by atoms with Crippen LogP contribution in [0.2, 0.25) is 0 Å². The van der Waals surface area contributed by atoms with Crippen molar-refractivity contribution in [3.05, 3.63) is 59.9 Å². The maximum atomic E-state index is 12.7. The maximum absolute atomic E-state index is 12.7. The van der Waals surface area contributed by atoms with Gasteiger partial charge in [0.15, 0.2) is 0 Å². The van der Waals surface area contributed by atoms with E-state index in [2.05, 4.69) is 10.6 Å². The third-order valence-electron chi connectivity index (χ3n) is 2.51. The van der Waals surface area contributed by atoms with E-state index in [1.165, 1.54) is 12.1 Å². The lowest BCUT2D eigenvalue weighted by atomic mass is 10.2. The number of amides is 1. The number of carbonyl (C=O) groups is 1. The fraction of sp³-hybridized carbons (Fsp3) is 0.0714. The molecule has 0 saturated carbocycles. The first-order valence-corrected chi connectivity index (χ1v) is 5.54. The summed E-state index contributed by atoms with van der Waals surface area (Å²) in [7, 11) is 1.59. The molecule has 0 aliphatic carbocycles. The molecule has 0 aliphatic rings. The van der Waals surface area contributed by atoms with Crippen LogP contribution in [-0.4, -0.2) is 13.0 Å². The number of rotatable bonds is 3. The fourth-order valence-electron chi connectivity index (χ4n) is 1.55. The van der Waals surface area contributed by atoms with E-state index < -0.39 is 0 Å². The fourth-order valence-corrected chi connectivity index (χ4v) is 1.55. The van der Waals surface area contributed by atoms with Gasteiger partial charge in [0, 0.05) is 24.0 Å². The van der Waals surface area contributed by atoms with Crippen LogP contribution >= 0.6 is 0 Å². The van der Waals surface area contributed by atoms with E-state index in [1.807, 2.05) is 0 Å². The molecule has 0 atom stereocenters. The molecule has 1 amide bonds. The molecule has 0 bridgehead atoms. The van der Waals surface area contributed by atoms with Crippen molar-refractivity contribution >= 4 is 17.3 Å². The molecule has 0 saturated heterocycles. The van der Waals surface area contributed by atoms with Gasteiger partial charge in [-0.3, -0.25) is 4.79 Å². The molecule has 2 rings (SSSR count). The molecule has 4 heteroatoms. The van der Waals surface area contributed by atoms with Gasteiger partial charge < -0.3 is 10.6 Å². The molecule has 92 valence electrons. The van der Waals surface area contributed by atoms with Gasteiger partial charge in [-0.1, -0.05) is 0 Å². The van der Waals surface area contributed by atoms with Crippen molar-refractivity contribution in [2.24, 2.45) is 0 Å². The average Bonchev–Trinajstić information content (AvgIpc) is 2.41. The van der Waals surface area contributed by atoms with Crippen molar-refractivity contribution in [1.82, 2.24) is 5.32 Å². The second kappa shape index (κ2) is 5.31. The molecule has 0 spiro atoms. The van der Waals surface area contributed by atoms with Gasteiger partial charge >= 0.3 is 0 Å². The number of benzene rings is 2. The Bertz CT molecular complexity index is 535. The number of hydrogen-bond donors (Lipinski definition) is 2. The van der Waals surface area contributed by atoms with Crippen LogP contribution < -0.4 is 10.6 Å². The molecule has 18 heavy (non-hydrogen) atoms. The highest BCUT2D eigenvalue weighted by Crippen LogP contribution is 2.17. The van der Waals surface area contributed by atoms with Gasteiger partial charge in [-0.05, 0) is 48.5 Å². The van der Waals surface area contributed by atoms with Crippen molar-refractivity contribution in [2.75, 3.05) is 12.4 Å². The lowest BCUT2D eigenvalue weighted by molar-refractivity contribution is 0.0963. The van der Waals surface area contributed by atoms with E-state index in [-0.39, 0.29) is 11.7 Å². The lowest BCUT2D eigenvalue weighted by Gasteiger charge is -2.07. The van der Waals surface area contributed by atoms with Crippen LogP contribution in [0.4, 0.5) is 15.8 Å². The SMILES string of the molecule is CNC(=O)c1ccc(Nc2ccc(F)cc2)cc1. The van der Waals surface area contributed by atoms with E-state index in [4.69, 9.17) is 0 Å². The molecule has 2 aromatic rings. The zero-order valence-corrected chi connectivity index (χ0v) is 9.91. The van der Waals surface area contributed by atoms with Gasteiger partial charge in [-0.25, -0.2) is 4.39 Å². The minimum Gasteiger partial charge on any atom is -0.356 e. The predicted molar refractivity (Wildman–Crippen MR) is 69.5 cm³/mol. The largest absolute Gasteiger partial charge is 0.356 e. The Labute approximate surface area is 105 Å². The summed E-state index contributed by atoms with van der Waals surface area (Å²) < 4.78 is 12.7. The summed E-state index contributed by atoms with van der Waals surface area (Å²) in [4.78, 5) is 11.3. The number of carbonyl (C=O) groups excluding carboxylic acids is 1. The summed E-state index contributed by atoms with van der Waals surface area (Å²) >= 11 is 0. The number of nitrogens with one attached hydrogen (secondary N) is 2. The summed E-state index contributed by atoms with van der Waals surface area (Å²) in [5, 5.41) is 5.67. The van der Waals surface area contributed by atoms with E-state index in [1.54, 1.807) is 43.4 Å². The Hall–Kier alpha value is -2.36. The van der Waals surface area contributed by atoms with E-state index in [9.17, 15) is 9.18 Å². The zero-order chi connectivity index (χ0) is 13.0. The minimum atomic E-state index is -0.268. The minimum absolute atomic E-state index is 0.122. The number of hydrogen-bond acceptors (Lipinski definition) is 2. The molecule has 0 aliphatic heterocycles. The summed E-state index contributed by atoms with van der Waals surface area (Å²) in [6.45, 7) is 0. The smallest absolute Gasteiger partial charge is 0.251 e. The van der Waals surface area contributed by atoms with Crippen LogP contribution in [0.5, 0.6) is 0 Å². The van der Waals surface area contributed by atoms with Crippen LogP contribution in [0.15, 0.2) is 48.5 Å². The molecule has 0 unspecified atom stereocenters. The second-order valence-electron chi connectivity index (χ2n) is 3.79. The van der Waals surface area contributed by atoms with Crippen LogP contribution in [0.25, 0.3) is 0 Å². The zero-order valence-electron chi connectivity index (χ0n) is 9.91. The van der Waals surface area contributed by atoms with Gasteiger partial charge in [-0.2, -0.15) is 0 Å². The average molecular weight is 244 g/mol. The van der Waals surface area contributed by atoms with E-state index in [0.29, 0.717) is 5.56 Å². The van der Waals surface area contributed by atoms with Crippen molar-refractivity contribution in [3.63, 3.8) is 0 Å². The molecule has 0 fully saturated rings. The summed E-state index contributed by atoms with van der Waals surface area (Å²) in [5.41, 5.74) is 2.24. The normalized spacial score (nSPS) is 9.89. The Balaban J connectivity index is 2.10. The van der Waals surface area contributed by atoms with Crippen LogP contribution in [0.1, 0.15) is 10.4 Å². The first kappa shape index (κ1) is 12.1.